The Kier molecular flexibility index (Phi) is 5.54. The van der Waals surface area contributed by atoms with Crippen LogP contribution in [0, 0.1) is 5.92 Å². The highest BCUT2D eigenvalue weighted by Gasteiger charge is 2.56. The molecule has 2 N–H and O–H groups in total. The molecule has 34 heavy (non-hydrogen) atoms. The fraction of sp³-hybridized carbons (Fsp3) is 0.783. The van der Waals surface area contributed by atoms with E-state index < -0.39 is 12.0 Å². The van der Waals surface area contributed by atoms with Crippen molar-refractivity contribution in [2.75, 3.05) is 19.3 Å². The summed E-state index contributed by atoms with van der Waals surface area (Å²) in [4.78, 5) is 15.2. The summed E-state index contributed by atoms with van der Waals surface area (Å²) in [6.07, 6.45) is 6.64. The number of nitrogens with zero attached hydrogens (tertiary/aromatic N) is 5. The van der Waals surface area contributed by atoms with Gasteiger partial charge in [0.1, 0.15) is 30.2 Å². The van der Waals surface area contributed by atoms with Crippen LogP contribution in [-0.2, 0) is 23.7 Å². The van der Waals surface area contributed by atoms with E-state index in [2.05, 4.69) is 26.9 Å². The molecular formula is C23H34N6O5. The number of rotatable bonds is 7. The molecule has 5 heterocycles. The molecule has 2 aromatic rings. The lowest BCUT2D eigenvalue weighted by Crippen LogP contribution is -2.48. The summed E-state index contributed by atoms with van der Waals surface area (Å²) >= 11 is 0. The van der Waals surface area contributed by atoms with E-state index in [1.807, 2.05) is 25.3 Å². The standard InChI is InChI=1S/C23H34N6O5/c1-12-30-16(31-12)6-5-13-7-14(8-13)28(4)9-15-18-19(34-23(2,3)33-18)22(32-15)29-11-27-17-20(24)25-10-26-21(17)29/h10-16,18-19,22H,5-9H2,1-4H3,(H2,24,25,26)/t12?,13?,14?,15-,16?,18-,19-,22-/m1/s1. The predicted octanol–water partition coefficient (Wildman–Crippen LogP) is 2.04. The zero-order chi connectivity index (χ0) is 23.6. The summed E-state index contributed by atoms with van der Waals surface area (Å²) in [5, 5.41) is 0. The van der Waals surface area contributed by atoms with E-state index in [-0.39, 0.29) is 30.9 Å². The van der Waals surface area contributed by atoms with Crippen LogP contribution in [0.2, 0.25) is 0 Å². The van der Waals surface area contributed by atoms with Crippen molar-refractivity contribution in [2.24, 2.45) is 5.92 Å². The molecule has 6 rings (SSSR count). The number of likely N-dealkylation sites (N-methyl/N-ethyl adjacent to an activating group) is 1. The number of hydrogen-bond acceptors (Lipinski definition) is 10. The third kappa shape index (κ3) is 3.98. The summed E-state index contributed by atoms with van der Waals surface area (Å²) in [5.74, 6) is 0.402. The smallest absolute Gasteiger partial charge is 0.167 e. The maximum Gasteiger partial charge on any atom is 0.167 e. The van der Waals surface area contributed by atoms with Crippen LogP contribution in [0.15, 0.2) is 12.7 Å². The molecule has 11 nitrogen and oxygen atoms in total. The first-order chi connectivity index (χ1) is 16.3. The lowest BCUT2D eigenvalue weighted by atomic mass is 9.76. The SMILES string of the molecule is CC1OC(CCC2CC(N(C)C[C@H]3O[C@@H](n4cnc5c(N)ncnc54)[C@@H]4OC(C)(C)O[C@@H]43)C2)O1. The van der Waals surface area contributed by atoms with Crippen molar-refractivity contribution in [3.8, 4) is 0 Å². The van der Waals surface area contributed by atoms with Crippen molar-refractivity contribution in [3.63, 3.8) is 0 Å². The molecule has 0 bridgehead atoms. The number of anilines is 1. The van der Waals surface area contributed by atoms with Gasteiger partial charge in [-0.3, -0.25) is 4.57 Å². The van der Waals surface area contributed by atoms with E-state index in [0.29, 0.717) is 23.0 Å². The van der Waals surface area contributed by atoms with Crippen molar-refractivity contribution < 1.29 is 23.7 Å². The van der Waals surface area contributed by atoms with Gasteiger partial charge in [0.25, 0.3) is 0 Å². The number of nitrogens with two attached hydrogens (primary N) is 1. The first-order valence-electron chi connectivity index (χ1n) is 12.2. The summed E-state index contributed by atoms with van der Waals surface area (Å²) < 4.78 is 32.1. The number of hydrogen-bond donors (Lipinski definition) is 1. The van der Waals surface area contributed by atoms with Crippen LogP contribution in [0.1, 0.15) is 52.7 Å². The minimum Gasteiger partial charge on any atom is -0.382 e. The molecule has 11 heteroatoms. The molecule has 186 valence electrons. The van der Waals surface area contributed by atoms with E-state index >= 15 is 0 Å². The molecule has 3 aliphatic heterocycles. The minimum atomic E-state index is -0.677. The maximum atomic E-state index is 6.54. The Morgan fingerprint density at radius 1 is 1.09 bits per heavy atom. The summed E-state index contributed by atoms with van der Waals surface area (Å²) in [6.45, 7) is 6.60. The highest BCUT2D eigenvalue weighted by molar-refractivity contribution is 5.81. The van der Waals surface area contributed by atoms with Crippen LogP contribution in [0.3, 0.4) is 0 Å². The highest BCUT2D eigenvalue weighted by atomic mass is 16.9. The number of imidazole rings is 1. The van der Waals surface area contributed by atoms with Crippen LogP contribution >= 0.6 is 0 Å². The van der Waals surface area contributed by atoms with Gasteiger partial charge in [-0.15, -0.1) is 0 Å². The summed E-state index contributed by atoms with van der Waals surface area (Å²) in [7, 11) is 2.17. The minimum absolute atomic E-state index is 0.00437. The normalized spacial score (nSPS) is 38.7. The van der Waals surface area contributed by atoms with E-state index in [1.165, 1.54) is 19.2 Å². The number of aromatic nitrogens is 4. The zero-order valence-corrected chi connectivity index (χ0v) is 20.2. The lowest BCUT2D eigenvalue weighted by Gasteiger charge is -2.43. The van der Waals surface area contributed by atoms with Crippen molar-refractivity contribution in [3.05, 3.63) is 12.7 Å². The number of nitrogen functional groups attached to an aromatic ring is 1. The molecular weight excluding hydrogens is 440 g/mol. The van der Waals surface area contributed by atoms with Crippen molar-refractivity contribution in [1.29, 1.82) is 0 Å². The second-order valence-electron chi connectivity index (χ2n) is 10.5. The molecule has 2 aromatic heterocycles. The molecule has 0 aromatic carbocycles. The topological polar surface area (TPSA) is 119 Å². The van der Waals surface area contributed by atoms with Crippen molar-refractivity contribution in [1.82, 2.24) is 24.4 Å². The van der Waals surface area contributed by atoms with E-state index in [0.717, 1.165) is 25.3 Å². The van der Waals surface area contributed by atoms with Crippen LogP contribution in [-0.4, -0.2) is 80.7 Å². The average molecular weight is 475 g/mol. The van der Waals surface area contributed by atoms with Gasteiger partial charge in [0, 0.05) is 12.6 Å². The Morgan fingerprint density at radius 2 is 1.85 bits per heavy atom. The number of ether oxygens (including phenoxy) is 5. The second-order valence-corrected chi connectivity index (χ2v) is 10.5. The summed E-state index contributed by atoms with van der Waals surface area (Å²) in [5.41, 5.74) is 7.19. The Hall–Kier alpha value is -1.89. The molecule has 4 fully saturated rings. The fourth-order valence-corrected chi connectivity index (χ4v) is 5.76. The second kappa shape index (κ2) is 8.35. The van der Waals surface area contributed by atoms with Gasteiger partial charge in [0.2, 0.25) is 0 Å². The molecule has 4 atom stereocenters. The maximum absolute atomic E-state index is 6.54. The van der Waals surface area contributed by atoms with E-state index in [4.69, 9.17) is 29.4 Å². The van der Waals surface area contributed by atoms with Crippen LogP contribution in [0.25, 0.3) is 11.2 Å². The Balaban J connectivity index is 1.10. The van der Waals surface area contributed by atoms with Gasteiger partial charge in [-0.1, -0.05) is 0 Å². The monoisotopic (exact) mass is 474 g/mol. The Labute approximate surface area is 198 Å². The quantitative estimate of drug-likeness (QED) is 0.638. The van der Waals surface area contributed by atoms with E-state index in [9.17, 15) is 0 Å². The van der Waals surface area contributed by atoms with Gasteiger partial charge in [-0.25, -0.2) is 15.0 Å². The van der Waals surface area contributed by atoms with Crippen LogP contribution in [0.4, 0.5) is 5.82 Å². The van der Waals surface area contributed by atoms with Gasteiger partial charge in [-0.2, -0.15) is 0 Å². The molecule has 0 radical (unpaired) electrons. The first kappa shape index (κ1) is 22.6. The van der Waals surface area contributed by atoms with Crippen molar-refractivity contribution >= 4 is 17.0 Å². The lowest BCUT2D eigenvalue weighted by molar-refractivity contribution is -0.378. The first-order valence-corrected chi connectivity index (χ1v) is 12.2. The molecule has 1 aliphatic carbocycles. The van der Waals surface area contributed by atoms with Gasteiger partial charge >= 0.3 is 0 Å². The van der Waals surface area contributed by atoms with Crippen LogP contribution < -0.4 is 5.73 Å². The molecule has 4 aliphatic rings. The molecule has 1 saturated carbocycles. The fourth-order valence-electron chi connectivity index (χ4n) is 5.76. The average Bonchev–Trinajstić information content (AvgIpc) is 3.37. The summed E-state index contributed by atoms with van der Waals surface area (Å²) in [6, 6.07) is 0.546. The molecule has 0 spiro atoms. The van der Waals surface area contributed by atoms with Crippen molar-refractivity contribution in [2.45, 2.75) is 95.4 Å². The largest absolute Gasteiger partial charge is 0.382 e. The van der Waals surface area contributed by atoms with Gasteiger partial charge < -0.3 is 34.3 Å². The van der Waals surface area contributed by atoms with Gasteiger partial charge in [-0.05, 0) is 59.4 Å². The molecule has 0 unspecified atom stereocenters. The van der Waals surface area contributed by atoms with Gasteiger partial charge in [0.05, 0.1) is 6.33 Å². The van der Waals surface area contributed by atoms with Crippen LogP contribution in [0.5, 0.6) is 0 Å². The highest BCUT2D eigenvalue weighted by Crippen LogP contribution is 2.45. The third-order valence-electron chi connectivity index (χ3n) is 7.59. The predicted molar refractivity (Wildman–Crippen MR) is 121 cm³/mol. The zero-order valence-electron chi connectivity index (χ0n) is 20.2. The molecule has 3 saturated heterocycles. The Morgan fingerprint density at radius 3 is 2.62 bits per heavy atom. The van der Waals surface area contributed by atoms with E-state index in [1.54, 1.807) is 6.33 Å². The third-order valence-corrected chi connectivity index (χ3v) is 7.59. The van der Waals surface area contributed by atoms with Gasteiger partial charge in [0.15, 0.2) is 36.1 Å². The Bertz CT molecular complexity index is 1040. The molecule has 0 amide bonds. The number of fused-ring (bicyclic) bond motifs is 2.